The minimum atomic E-state index is 0.915. The van der Waals surface area contributed by atoms with Crippen molar-refractivity contribution in [1.29, 1.82) is 0 Å². The molecule has 3 rings (SSSR count). The van der Waals surface area contributed by atoms with Gasteiger partial charge >= 0.3 is 0 Å². The fourth-order valence-corrected chi connectivity index (χ4v) is 2.37. The van der Waals surface area contributed by atoms with E-state index in [9.17, 15) is 0 Å². The smallest absolute Gasteiger partial charge is 0.0172 e. The van der Waals surface area contributed by atoms with E-state index in [2.05, 4.69) is 41.3 Å². The number of hydrogen-bond acceptors (Lipinski definition) is 1. The zero-order valence-corrected chi connectivity index (χ0v) is 9.02. The molecule has 78 valence electrons. The molecule has 0 spiro atoms. The molecular weight excluding hydrogens is 182 g/mol. The molecule has 1 heteroatoms. The van der Waals surface area contributed by atoms with Crippen LogP contribution in [0.4, 0.5) is 0 Å². The summed E-state index contributed by atoms with van der Waals surface area (Å²) >= 11 is 0. The second kappa shape index (κ2) is 3.82. The SMILES string of the molecule is C1=C(c2ccccc2)CCN(C2CC2)C1. The van der Waals surface area contributed by atoms with Crippen LogP contribution in [0.3, 0.4) is 0 Å². The molecule has 0 atom stereocenters. The third-order valence-corrected chi connectivity index (χ3v) is 3.45. The largest absolute Gasteiger partial charge is 0.296 e. The van der Waals surface area contributed by atoms with Crippen molar-refractivity contribution in [3.8, 4) is 0 Å². The Labute approximate surface area is 91.4 Å². The highest BCUT2D eigenvalue weighted by Gasteiger charge is 2.29. The molecule has 2 aliphatic rings. The molecule has 1 aromatic rings. The zero-order chi connectivity index (χ0) is 10.1. The van der Waals surface area contributed by atoms with Gasteiger partial charge in [0.25, 0.3) is 0 Å². The molecule has 1 aliphatic carbocycles. The third-order valence-electron chi connectivity index (χ3n) is 3.45. The Kier molecular flexibility index (Phi) is 2.34. The van der Waals surface area contributed by atoms with Crippen LogP contribution in [0.5, 0.6) is 0 Å². The van der Waals surface area contributed by atoms with Gasteiger partial charge in [0, 0.05) is 19.1 Å². The Morgan fingerprint density at radius 2 is 1.87 bits per heavy atom. The van der Waals surface area contributed by atoms with Crippen molar-refractivity contribution < 1.29 is 0 Å². The summed E-state index contributed by atoms with van der Waals surface area (Å²) in [5.74, 6) is 0. The predicted molar refractivity (Wildman–Crippen MR) is 63.6 cm³/mol. The first-order valence-electron chi connectivity index (χ1n) is 5.92. The summed E-state index contributed by atoms with van der Waals surface area (Å²) < 4.78 is 0. The van der Waals surface area contributed by atoms with Crippen molar-refractivity contribution in [2.24, 2.45) is 0 Å². The van der Waals surface area contributed by atoms with E-state index in [1.54, 1.807) is 0 Å². The summed E-state index contributed by atoms with van der Waals surface area (Å²) in [7, 11) is 0. The molecule has 0 unspecified atom stereocenters. The lowest BCUT2D eigenvalue weighted by Gasteiger charge is -2.26. The maximum atomic E-state index is 2.62. The summed E-state index contributed by atoms with van der Waals surface area (Å²) in [6.07, 6.45) is 6.49. The molecule has 0 aromatic heterocycles. The molecule has 0 radical (unpaired) electrons. The monoisotopic (exact) mass is 199 g/mol. The van der Waals surface area contributed by atoms with Crippen molar-refractivity contribution in [2.75, 3.05) is 13.1 Å². The summed E-state index contributed by atoms with van der Waals surface area (Å²) in [5, 5.41) is 0. The highest BCUT2D eigenvalue weighted by molar-refractivity contribution is 5.66. The predicted octanol–water partition coefficient (Wildman–Crippen LogP) is 2.94. The van der Waals surface area contributed by atoms with Crippen LogP contribution < -0.4 is 0 Å². The molecule has 0 bridgehead atoms. The van der Waals surface area contributed by atoms with Gasteiger partial charge in [-0.05, 0) is 30.4 Å². The summed E-state index contributed by atoms with van der Waals surface area (Å²) in [5.41, 5.74) is 2.94. The number of nitrogens with zero attached hydrogens (tertiary/aromatic N) is 1. The lowest BCUT2D eigenvalue weighted by atomic mass is 9.99. The standard InChI is InChI=1S/C14H17N/c1-2-4-12(5-3-1)13-8-10-15(11-9-13)14-6-7-14/h1-5,8,14H,6-7,9-11H2. The Bertz CT molecular complexity index is 362. The van der Waals surface area contributed by atoms with E-state index in [1.165, 1.54) is 36.9 Å². The number of benzene rings is 1. The van der Waals surface area contributed by atoms with Gasteiger partial charge in [0.1, 0.15) is 0 Å². The van der Waals surface area contributed by atoms with Gasteiger partial charge in [0.15, 0.2) is 0 Å². The molecule has 1 heterocycles. The molecule has 1 aromatic carbocycles. The van der Waals surface area contributed by atoms with Crippen molar-refractivity contribution in [2.45, 2.75) is 25.3 Å². The van der Waals surface area contributed by atoms with E-state index in [-0.39, 0.29) is 0 Å². The normalized spacial score (nSPS) is 22.5. The van der Waals surface area contributed by atoms with Crippen LogP contribution in [-0.4, -0.2) is 24.0 Å². The van der Waals surface area contributed by atoms with E-state index < -0.39 is 0 Å². The van der Waals surface area contributed by atoms with Gasteiger partial charge in [-0.3, -0.25) is 4.90 Å². The first-order chi connectivity index (χ1) is 7.43. The Morgan fingerprint density at radius 1 is 1.07 bits per heavy atom. The molecule has 15 heavy (non-hydrogen) atoms. The lowest BCUT2D eigenvalue weighted by molar-refractivity contribution is 0.291. The highest BCUT2D eigenvalue weighted by Crippen LogP contribution is 2.31. The second-order valence-corrected chi connectivity index (χ2v) is 4.57. The van der Waals surface area contributed by atoms with Crippen molar-refractivity contribution in [3.63, 3.8) is 0 Å². The van der Waals surface area contributed by atoms with E-state index in [4.69, 9.17) is 0 Å². The van der Waals surface area contributed by atoms with Gasteiger partial charge < -0.3 is 0 Å². The van der Waals surface area contributed by atoms with Crippen LogP contribution in [0.25, 0.3) is 5.57 Å². The first kappa shape index (κ1) is 9.17. The van der Waals surface area contributed by atoms with Crippen LogP contribution in [0.1, 0.15) is 24.8 Å². The summed E-state index contributed by atoms with van der Waals surface area (Å²) in [4.78, 5) is 2.62. The Balaban J connectivity index is 1.73. The van der Waals surface area contributed by atoms with E-state index in [0.29, 0.717) is 0 Å². The second-order valence-electron chi connectivity index (χ2n) is 4.57. The molecule has 0 amide bonds. The molecule has 0 saturated heterocycles. The maximum Gasteiger partial charge on any atom is 0.0172 e. The first-order valence-corrected chi connectivity index (χ1v) is 5.92. The Hall–Kier alpha value is -1.08. The number of hydrogen-bond donors (Lipinski definition) is 0. The van der Waals surface area contributed by atoms with Gasteiger partial charge in [-0.1, -0.05) is 36.4 Å². The van der Waals surface area contributed by atoms with Crippen molar-refractivity contribution >= 4 is 5.57 Å². The molecule has 0 N–H and O–H groups in total. The average Bonchev–Trinajstić information content (AvgIpc) is 3.15. The van der Waals surface area contributed by atoms with Crippen LogP contribution in [0.2, 0.25) is 0 Å². The minimum absolute atomic E-state index is 0.915. The third kappa shape index (κ3) is 1.98. The molecule has 1 nitrogen and oxygen atoms in total. The van der Waals surface area contributed by atoms with E-state index in [1.807, 2.05) is 0 Å². The average molecular weight is 199 g/mol. The lowest BCUT2D eigenvalue weighted by Crippen LogP contribution is -2.30. The van der Waals surface area contributed by atoms with E-state index in [0.717, 1.165) is 12.6 Å². The van der Waals surface area contributed by atoms with Crippen molar-refractivity contribution in [3.05, 3.63) is 42.0 Å². The molecular formula is C14H17N. The fourth-order valence-electron chi connectivity index (χ4n) is 2.37. The number of rotatable bonds is 2. The van der Waals surface area contributed by atoms with Gasteiger partial charge in [0.2, 0.25) is 0 Å². The molecule has 1 saturated carbocycles. The highest BCUT2D eigenvalue weighted by atomic mass is 15.2. The fraction of sp³-hybridized carbons (Fsp3) is 0.429. The minimum Gasteiger partial charge on any atom is -0.296 e. The molecule has 1 fully saturated rings. The van der Waals surface area contributed by atoms with Crippen molar-refractivity contribution in [1.82, 2.24) is 4.90 Å². The van der Waals surface area contributed by atoms with Crippen LogP contribution >= 0.6 is 0 Å². The van der Waals surface area contributed by atoms with Crippen LogP contribution in [0.15, 0.2) is 36.4 Å². The van der Waals surface area contributed by atoms with Crippen LogP contribution in [0, 0.1) is 0 Å². The van der Waals surface area contributed by atoms with Gasteiger partial charge in [-0.2, -0.15) is 0 Å². The topological polar surface area (TPSA) is 3.24 Å². The summed E-state index contributed by atoms with van der Waals surface area (Å²) in [6.45, 7) is 2.42. The molecule has 1 aliphatic heterocycles. The van der Waals surface area contributed by atoms with E-state index >= 15 is 0 Å². The Morgan fingerprint density at radius 3 is 2.47 bits per heavy atom. The summed E-state index contributed by atoms with van der Waals surface area (Å²) in [6, 6.07) is 11.7. The van der Waals surface area contributed by atoms with Gasteiger partial charge in [0.05, 0.1) is 0 Å². The van der Waals surface area contributed by atoms with Gasteiger partial charge in [-0.15, -0.1) is 0 Å². The zero-order valence-electron chi connectivity index (χ0n) is 9.02. The maximum absolute atomic E-state index is 2.62. The quantitative estimate of drug-likeness (QED) is 0.708. The van der Waals surface area contributed by atoms with Gasteiger partial charge in [-0.25, -0.2) is 0 Å². The van der Waals surface area contributed by atoms with Crippen LogP contribution in [-0.2, 0) is 0 Å².